The molecule has 2 aromatic rings. The van der Waals surface area contributed by atoms with Crippen LogP contribution in [0.25, 0.3) is 5.82 Å². The van der Waals surface area contributed by atoms with Crippen LogP contribution >= 0.6 is 0 Å². The zero-order valence-electron chi connectivity index (χ0n) is 14.1. The first kappa shape index (κ1) is 15.4. The number of fused-ring (bicyclic) bond motifs is 1. The van der Waals surface area contributed by atoms with Crippen molar-refractivity contribution in [3.63, 3.8) is 0 Å². The van der Waals surface area contributed by atoms with Crippen LogP contribution in [-0.2, 0) is 0 Å². The third-order valence-electron chi connectivity index (χ3n) is 5.60. The van der Waals surface area contributed by atoms with Crippen molar-refractivity contribution in [2.75, 3.05) is 6.54 Å². The molecule has 5 heteroatoms. The lowest BCUT2D eigenvalue weighted by molar-refractivity contribution is 0.0321. The highest BCUT2D eigenvalue weighted by Gasteiger charge is 2.37. The number of piperidine rings is 1. The molecule has 1 aliphatic carbocycles. The second-order valence-electron chi connectivity index (χ2n) is 7.26. The summed E-state index contributed by atoms with van der Waals surface area (Å²) in [7, 11) is 0. The van der Waals surface area contributed by atoms with Crippen LogP contribution in [0.3, 0.4) is 0 Å². The molecule has 0 radical (unpaired) electrons. The number of hydrogen-bond donors (Lipinski definition) is 0. The third kappa shape index (κ3) is 2.83. The third-order valence-corrected chi connectivity index (χ3v) is 5.60. The molecular formula is C19H24N4O. The first-order valence-electron chi connectivity index (χ1n) is 8.97. The summed E-state index contributed by atoms with van der Waals surface area (Å²) in [5.74, 6) is 2.41. The van der Waals surface area contributed by atoms with Crippen LogP contribution in [0.5, 0.6) is 0 Å². The summed E-state index contributed by atoms with van der Waals surface area (Å²) >= 11 is 0. The maximum absolute atomic E-state index is 13.0. The van der Waals surface area contributed by atoms with Crippen molar-refractivity contribution in [3.05, 3.63) is 42.6 Å². The predicted octanol–water partition coefficient (Wildman–Crippen LogP) is 3.31. The lowest BCUT2D eigenvalue weighted by Gasteiger charge is -2.45. The van der Waals surface area contributed by atoms with E-state index in [1.165, 1.54) is 19.3 Å². The van der Waals surface area contributed by atoms with E-state index < -0.39 is 0 Å². The largest absolute Gasteiger partial charge is 0.335 e. The van der Waals surface area contributed by atoms with Gasteiger partial charge < -0.3 is 4.90 Å². The number of rotatable bonds is 2. The van der Waals surface area contributed by atoms with Gasteiger partial charge in [-0.1, -0.05) is 6.92 Å². The lowest BCUT2D eigenvalue weighted by atomic mass is 9.74. The number of hydrogen-bond acceptors (Lipinski definition) is 3. The quantitative estimate of drug-likeness (QED) is 0.851. The van der Waals surface area contributed by atoms with E-state index in [1.807, 2.05) is 22.9 Å². The van der Waals surface area contributed by atoms with Gasteiger partial charge in [0.05, 0.1) is 5.56 Å². The van der Waals surface area contributed by atoms with Crippen LogP contribution in [0.4, 0.5) is 0 Å². The summed E-state index contributed by atoms with van der Waals surface area (Å²) in [6.45, 7) is 3.23. The van der Waals surface area contributed by atoms with Gasteiger partial charge in [-0.3, -0.25) is 9.36 Å². The van der Waals surface area contributed by atoms with Crippen molar-refractivity contribution in [3.8, 4) is 5.82 Å². The number of pyridine rings is 1. The SMILES string of the molecule is C[C@@H]1CC[C@@H]2[C@@H](CCCN2C(=O)c2ccc(-n3ccnc3)nc2)C1. The number of aromatic nitrogens is 3. The standard InChI is InChI=1S/C19H24N4O/c1-14-4-6-17-15(11-14)3-2-9-23(17)19(24)16-5-7-18(21-12-16)22-10-8-20-13-22/h5,7-8,10,12-15,17H,2-4,6,9,11H2,1H3/t14-,15+,17-/m1/s1. The van der Waals surface area contributed by atoms with Crippen molar-refractivity contribution in [1.82, 2.24) is 19.4 Å². The zero-order valence-corrected chi connectivity index (χ0v) is 14.1. The van der Waals surface area contributed by atoms with Crippen LogP contribution in [0, 0.1) is 11.8 Å². The minimum Gasteiger partial charge on any atom is -0.335 e. The topological polar surface area (TPSA) is 51.0 Å². The van der Waals surface area contributed by atoms with Gasteiger partial charge in [-0.15, -0.1) is 0 Å². The van der Waals surface area contributed by atoms with Crippen molar-refractivity contribution in [1.29, 1.82) is 0 Å². The van der Waals surface area contributed by atoms with Crippen LogP contribution in [0.2, 0.25) is 0 Å². The Morgan fingerprint density at radius 1 is 1.25 bits per heavy atom. The average Bonchev–Trinajstić information content (AvgIpc) is 3.15. The fourth-order valence-corrected chi connectivity index (χ4v) is 4.37. The molecule has 1 saturated heterocycles. The van der Waals surface area contributed by atoms with E-state index in [1.54, 1.807) is 18.7 Å². The first-order chi connectivity index (χ1) is 11.7. The molecule has 3 heterocycles. The van der Waals surface area contributed by atoms with Gasteiger partial charge in [0, 0.05) is 31.2 Å². The Morgan fingerprint density at radius 3 is 2.92 bits per heavy atom. The molecule has 0 unspecified atom stereocenters. The summed E-state index contributed by atoms with van der Waals surface area (Å²) in [4.78, 5) is 23.6. The van der Waals surface area contributed by atoms with Gasteiger partial charge in [0.1, 0.15) is 12.1 Å². The number of amides is 1. The Hall–Kier alpha value is -2.17. The Kier molecular flexibility index (Phi) is 4.08. The lowest BCUT2D eigenvalue weighted by Crippen LogP contribution is -2.50. The van der Waals surface area contributed by atoms with E-state index in [4.69, 9.17) is 0 Å². The molecule has 0 aromatic carbocycles. The van der Waals surface area contributed by atoms with E-state index >= 15 is 0 Å². The fourth-order valence-electron chi connectivity index (χ4n) is 4.37. The molecule has 2 aromatic heterocycles. The molecule has 0 N–H and O–H groups in total. The second kappa shape index (κ2) is 6.38. The van der Waals surface area contributed by atoms with Gasteiger partial charge in [-0.05, 0) is 56.1 Å². The average molecular weight is 324 g/mol. The van der Waals surface area contributed by atoms with Crippen molar-refractivity contribution < 1.29 is 4.79 Å². The van der Waals surface area contributed by atoms with Crippen LogP contribution < -0.4 is 0 Å². The number of imidazole rings is 1. The smallest absolute Gasteiger partial charge is 0.255 e. The molecule has 3 atom stereocenters. The van der Waals surface area contributed by atoms with Gasteiger partial charge in [0.25, 0.3) is 5.91 Å². The molecule has 2 aliphatic rings. The molecule has 5 nitrogen and oxygen atoms in total. The highest BCUT2D eigenvalue weighted by atomic mass is 16.2. The molecule has 2 fully saturated rings. The van der Waals surface area contributed by atoms with Crippen molar-refractivity contribution in [2.24, 2.45) is 11.8 Å². The number of likely N-dealkylation sites (tertiary alicyclic amines) is 1. The molecule has 0 spiro atoms. The molecule has 1 aliphatic heterocycles. The monoisotopic (exact) mass is 324 g/mol. The van der Waals surface area contributed by atoms with E-state index in [2.05, 4.69) is 21.8 Å². The van der Waals surface area contributed by atoms with E-state index in [0.29, 0.717) is 17.5 Å². The summed E-state index contributed by atoms with van der Waals surface area (Å²) < 4.78 is 1.84. The fraction of sp³-hybridized carbons (Fsp3) is 0.526. The minimum atomic E-state index is 0.143. The Morgan fingerprint density at radius 2 is 2.17 bits per heavy atom. The van der Waals surface area contributed by atoms with Gasteiger partial charge in [-0.2, -0.15) is 0 Å². The molecule has 1 amide bonds. The number of carbonyl (C=O) groups is 1. The zero-order chi connectivity index (χ0) is 16.5. The molecule has 0 bridgehead atoms. The predicted molar refractivity (Wildman–Crippen MR) is 91.9 cm³/mol. The van der Waals surface area contributed by atoms with Crippen LogP contribution in [-0.4, -0.2) is 37.9 Å². The molecule has 24 heavy (non-hydrogen) atoms. The number of nitrogens with zero attached hydrogens (tertiary/aromatic N) is 4. The van der Waals surface area contributed by atoms with Gasteiger partial charge in [-0.25, -0.2) is 9.97 Å². The highest BCUT2D eigenvalue weighted by Crippen LogP contribution is 2.38. The van der Waals surface area contributed by atoms with Gasteiger partial charge in [0.2, 0.25) is 0 Å². The van der Waals surface area contributed by atoms with Gasteiger partial charge >= 0.3 is 0 Å². The van der Waals surface area contributed by atoms with Crippen LogP contribution in [0.1, 0.15) is 49.4 Å². The van der Waals surface area contributed by atoms with E-state index in [-0.39, 0.29) is 5.91 Å². The van der Waals surface area contributed by atoms with Crippen LogP contribution in [0.15, 0.2) is 37.1 Å². The Bertz CT molecular complexity index is 695. The summed E-state index contributed by atoms with van der Waals surface area (Å²) in [6, 6.07) is 4.20. The first-order valence-corrected chi connectivity index (χ1v) is 8.97. The van der Waals surface area contributed by atoms with Crippen molar-refractivity contribution in [2.45, 2.75) is 45.1 Å². The maximum Gasteiger partial charge on any atom is 0.255 e. The Balaban J connectivity index is 1.52. The molecule has 126 valence electrons. The molecule has 1 saturated carbocycles. The van der Waals surface area contributed by atoms with Gasteiger partial charge in [0.15, 0.2) is 0 Å². The van der Waals surface area contributed by atoms with Crippen molar-refractivity contribution >= 4 is 5.91 Å². The number of carbonyl (C=O) groups excluding carboxylic acids is 1. The van der Waals surface area contributed by atoms with E-state index in [9.17, 15) is 4.79 Å². The minimum absolute atomic E-state index is 0.143. The summed E-state index contributed by atoms with van der Waals surface area (Å²) in [5.41, 5.74) is 0.693. The van der Waals surface area contributed by atoms with E-state index in [0.717, 1.165) is 31.1 Å². The molecule has 4 rings (SSSR count). The summed E-state index contributed by atoms with van der Waals surface area (Å²) in [6.07, 6.45) is 13.0. The maximum atomic E-state index is 13.0. The normalized spacial score (nSPS) is 26.9. The summed E-state index contributed by atoms with van der Waals surface area (Å²) in [5, 5.41) is 0. The molecular weight excluding hydrogens is 300 g/mol. The second-order valence-corrected chi connectivity index (χ2v) is 7.26. The highest BCUT2D eigenvalue weighted by molar-refractivity contribution is 5.94. The Labute approximate surface area is 142 Å².